The van der Waals surface area contributed by atoms with Crippen molar-refractivity contribution in [3.05, 3.63) is 59.2 Å². The van der Waals surface area contributed by atoms with Crippen molar-refractivity contribution >= 4 is 29.1 Å². The molecule has 5 heterocycles. The van der Waals surface area contributed by atoms with E-state index < -0.39 is 6.17 Å². The molecule has 2 aromatic heterocycles. The van der Waals surface area contributed by atoms with Crippen LogP contribution in [0.1, 0.15) is 98.9 Å². The van der Waals surface area contributed by atoms with Crippen LogP contribution >= 0.6 is 0 Å². The number of nitrogens with zero attached hydrogens (tertiary/aromatic N) is 4. The van der Waals surface area contributed by atoms with Gasteiger partial charge in [-0.3, -0.25) is 29.9 Å². The van der Waals surface area contributed by atoms with Gasteiger partial charge in [0.15, 0.2) is 5.69 Å². The minimum atomic E-state index is -0.642. The predicted octanol–water partition coefficient (Wildman–Crippen LogP) is 5.66. The zero-order valence-electron chi connectivity index (χ0n) is 31.0. The molecule has 0 radical (unpaired) electrons. The zero-order chi connectivity index (χ0) is 36.8. The Morgan fingerprint density at radius 1 is 1.02 bits per heavy atom. The zero-order valence-corrected chi connectivity index (χ0v) is 31.0. The summed E-state index contributed by atoms with van der Waals surface area (Å²) in [6, 6.07) is 8.24. The van der Waals surface area contributed by atoms with Gasteiger partial charge in [0.05, 0.1) is 17.8 Å². The summed E-state index contributed by atoms with van der Waals surface area (Å²) in [6.45, 7) is 11.0. The third kappa shape index (κ3) is 11.4. The van der Waals surface area contributed by atoms with Crippen molar-refractivity contribution in [2.75, 3.05) is 57.2 Å². The van der Waals surface area contributed by atoms with Crippen LogP contribution in [0.15, 0.2) is 36.7 Å². The van der Waals surface area contributed by atoms with Crippen molar-refractivity contribution in [1.82, 2.24) is 30.6 Å². The number of rotatable bonds is 6. The van der Waals surface area contributed by atoms with E-state index in [1.807, 2.05) is 26.0 Å². The third-order valence-electron chi connectivity index (χ3n) is 9.84. The molecule has 4 aliphatic rings. The maximum absolute atomic E-state index is 13.6. The van der Waals surface area contributed by atoms with E-state index in [0.29, 0.717) is 42.6 Å². The lowest BCUT2D eigenvalue weighted by atomic mass is 9.88. The van der Waals surface area contributed by atoms with Crippen LogP contribution in [0.4, 0.5) is 15.8 Å². The minimum absolute atomic E-state index is 0.174. The van der Waals surface area contributed by atoms with E-state index in [4.69, 9.17) is 0 Å². The summed E-state index contributed by atoms with van der Waals surface area (Å²) in [5, 5.41) is 18.8. The molecule has 4 N–H and O–H groups in total. The highest BCUT2D eigenvalue weighted by molar-refractivity contribution is 6.04. The van der Waals surface area contributed by atoms with Crippen LogP contribution in [0.5, 0.6) is 0 Å². The maximum Gasteiger partial charge on any atom is 0.276 e. The number of imide groups is 1. The van der Waals surface area contributed by atoms with E-state index >= 15 is 0 Å². The summed E-state index contributed by atoms with van der Waals surface area (Å²) in [7, 11) is 3.25. The van der Waals surface area contributed by atoms with Gasteiger partial charge >= 0.3 is 0 Å². The first-order valence-corrected chi connectivity index (χ1v) is 18.5. The summed E-state index contributed by atoms with van der Waals surface area (Å²) in [4.78, 5) is 40.2. The molecule has 3 unspecified atom stereocenters. The Balaban J connectivity index is 0.000000218. The highest BCUT2D eigenvalue weighted by Gasteiger charge is 2.29. The van der Waals surface area contributed by atoms with E-state index in [0.717, 1.165) is 87.9 Å². The monoisotopic (exact) mass is 708 g/mol. The van der Waals surface area contributed by atoms with Gasteiger partial charge < -0.3 is 19.9 Å². The number of hydrogen-bond acceptors (Lipinski definition) is 8. The Morgan fingerprint density at radius 3 is 2.39 bits per heavy atom. The van der Waals surface area contributed by atoms with Gasteiger partial charge in [-0.2, -0.15) is 10.2 Å². The molecule has 1 aliphatic carbocycles. The number of likely N-dealkylation sites (tertiary alicyclic amines) is 1. The van der Waals surface area contributed by atoms with Crippen LogP contribution in [-0.4, -0.2) is 96.1 Å². The van der Waals surface area contributed by atoms with Crippen LogP contribution in [0.25, 0.3) is 0 Å². The number of amides is 3. The molecule has 0 saturated carbocycles. The van der Waals surface area contributed by atoms with Crippen LogP contribution in [-0.2, 0) is 27.2 Å². The highest BCUT2D eigenvalue weighted by Crippen LogP contribution is 2.30. The van der Waals surface area contributed by atoms with Gasteiger partial charge in [-0.05, 0) is 87.4 Å². The lowest BCUT2D eigenvalue weighted by Gasteiger charge is -2.37. The number of anilines is 2. The Hall–Kier alpha value is -4.10. The van der Waals surface area contributed by atoms with Crippen molar-refractivity contribution in [1.29, 1.82) is 0 Å². The second-order valence-electron chi connectivity index (χ2n) is 13.8. The number of carbonyl (C=O) groups is 3. The predicted molar refractivity (Wildman–Crippen MR) is 198 cm³/mol. The SMILES string of the molecule is CC.CC1CCc2c(C(=O)Nc3cn[nH]c3)n[nH]c2C1.COC.O=C1CCC(c2ccc(N3CCC(CN4CCCC(F)C4)CC3)cc2)C(=O)N1. The number of H-pyrrole nitrogens is 2. The molecular formula is C38H57FN8O4. The van der Waals surface area contributed by atoms with Crippen molar-refractivity contribution in [2.24, 2.45) is 11.8 Å². The van der Waals surface area contributed by atoms with Crippen LogP contribution in [0.3, 0.4) is 0 Å². The van der Waals surface area contributed by atoms with Crippen molar-refractivity contribution in [2.45, 2.75) is 90.6 Å². The highest BCUT2D eigenvalue weighted by atomic mass is 19.1. The fourth-order valence-electron chi connectivity index (χ4n) is 7.21. The molecule has 12 nitrogen and oxygen atoms in total. The third-order valence-corrected chi connectivity index (χ3v) is 9.84. The van der Waals surface area contributed by atoms with Crippen LogP contribution < -0.4 is 15.5 Å². The standard InChI is InChI=1S/C22H30FN3O2.C12H15N5O.C2H6O.C2H6/c23-18-2-1-11-25(15-18)14-16-9-12-26(13-10-16)19-5-3-17(4-6-19)20-7-8-21(27)24-22(20)28;1-7-2-3-9-10(4-7)16-17-11(9)12(18)15-8-5-13-14-6-8;1-3-2;1-2/h3-6,16,18,20H,1-2,7-15H2,(H,24,27,28);5-7H,2-4H2,1H3,(H,13,14)(H,15,18)(H,16,17);1-2H3;1-2H3. The smallest absolute Gasteiger partial charge is 0.276 e. The number of ether oxygens (including phenoxy) is 1. The molecule has 1 aromatic carbocycles. The van der Waals surface area contributed by atoms with E-state index in [9.17, 15) is 18.8 Å². The fraction of sp³-hybridized carbons (Fsp3) is 0.605. The van der Waals surface area contributed by atoms with E-state index in [-0.39, 0.29) is 23.6 Å². The summed E-state index contributed by atoms with van der Waals surface area (Å²) < 4.78 is 17.8. The van der Waals surface area contributed by atoms with Gasteiger partial charge in [-0.25, -0.2) is 4.39 Å². The molecule has 7 rings (SSSR count). The molecule has 280 valence electrons. The molecule has 13 heteroatoms. The molecule has 0 spiro atoms. The Labute approximate surface area is 301 Å². The number of benzene rings is 1. The number of methoxy groups -OCH3 is 1. The second-order valence-corrected chi connectivity index (χ2v) is 13.8. The number of piperidine rings is 3. The number of aromatic nitrogens is 4. The average Bonchev–Trinajstić information content (AvgIpc) is 3.80. The normalized spacial score (nSPS) is 22.2. The van der Waals surface area contributed by atoms with Gasteiger partial charge in [0, 0.05) is 70.0 Å². The summed E-state index contributed by atoms with van der Waals surface area (Å²) >= 11 is 0. The molecule has 0 bridgehead atoms. The molecular weight excluding hydrogens is 651 g/mol. The maximum atomic E-state index is 13.6. The van der Waals surface area contributed by atoms with Crippen molar-refractivity contribution < 1.29 is 23.5 Å². The fourth-order valence-corrected chi connectivity index (χ4v) is 7.21. The number of carbonyl (C=O) groups excluding carboxylic acids is 3. The molecule has 3 aromatic rings. The van der Waals surface area contributed by atoms with Gasteiger partial charge in [-0.1, -0.05) is 32.9 Å². The van der Waals surface area contributed by atoms with Crippen LogP contribution in [0, 0.1) is 11.8 Å². The number of alkyl halides is 1. The molecule has 3 saturated heterocycles. The van der Waals surface area contributed by atoms with E-state index in [2.05, 4.69) is 64.6 Å². The quantitative estimate of drug-likeness (QED) is 0.240. The van der Waals surface area contributed by atoms with E-state index in [1.165, 1.54) is 5.69 Å². The largest absolute Gasteiger partial charge is 0.388 e. The number of hydrogen-bond donors (Lipinski definition) is 4. The Morgan fingerprint density at radius 2 is 1.75 bits per heavy atom. The average molecular weight is 709 g/mol. The first-order chi connectivity index (χ1) is 24.7. The van der Waals surface area contributed by atoms with Crippen molar-refractivity contribution in [3.8, 4) is 0 Å². The first-order valence-electron chi connectivity index (χ1n) is 18.5. The minimum Gasteiger partial charge on any atom is -0.388 e. The van der Waals surface area contributed by atoms with Crippen molar-refractivity contribution in [3.63, 3.8) is 0 Å². The van der Waals surface area contributed by atoms with Gasteiger partial charge in [0.1, 0.15) is 6.17 Å². The second kappa shape index (κ2) is 20.1. The lowest BCUT2D eigenvalue weighted by molar-refractivity contribution is -0.134. The topological polar surface area (TPSA) is 148 Å². The number of aromatic amines is 2. The number of halogens is 1. The Bertz CT molecular complexity index is 1500. The molecule has 3 atom stereocenters. The summed E-state index contributed by atoms with van der Waals surface area (Å²) in [5.41, 5.74) is 5.50. The summed E-state index contributed by atoms with van der Waals surface area (Å²) in [6.07, 6.45) is 10.6. The summed E-state index contributed by atoms with van der Waals surface area (Å²) in [5.74, 6) is 0.558. The molecule has 3 fully saturated rings. The van der Waals surface area contributed by atoms with Gasteiger partial charge in [-0.15, -0.1) is 0 Å². The number of nitrogens with one attached hydrogen (secondary N) is 4. The molecule has 3 aliphatic heterocycles. The first kappa shape index (κ1) is 39.7. The molecule has 3 amide bonds. The van der Waals surface area contributed by atoms with E-state index in [1.54, 1.807) is 26.6 Å². The number of fused-ring (bicyclic) bond motifs is 1. The Kier molecular flexibility index (Phi) is 15.6. The van der Waals surface area contributed by atoms with Crippen LogP contribution in [0.2, 0.25) is 0 Å². The van der Waals surface area contributed by atoms with Gasteiger partial charge in [0.25, 0.3) is 5.91 Å². The lowest BCUT2D eigenvalue weighted by Crippen LogP contribution is -2.43. The molecule has 51 heavy (non-hydrogen) atoms. The van der Waals surface area contributed by atoms with Gasteiger partial charge in [0.2, 0.25) is 11.8 Å².